The van der Waals surface area contributed by atoms with Gasteiger partial charge in [0.1, 0.15) is 0 Å². The zero-order valence-corrected chi connectivity index (χ0v) is 12.0. The predicted molar refractivity (Wildman–Crippen MR) is 72.6 cm³/mol. The van der Waals surface area contributed by atoms with E-state index in [-0.39, 0.29) is 18.3 Å². The van der Waals surface area contributed by atoms with Crippen molar-refractivity contribution in [2.24, 2.45) is 0 Å². The van der Waals surface area contributed by atoms with Crippen LogP contribution in [0, 0.1) is 6.92 Å². The lowest BCUT2D eigenvalue weighted by atomic mass is 9.85. The van der Waals surface area contributed by atoms with Gasteiger partial charge in [-0.2, -0.15) is 0 Å². The van der Waals surface area contributed by atoms with Crippen LogP contribution < -0.4 is 5.59 Å². The number of hydrogen-bond donors (Lipinski definition) is 1. The first kappa shape index (κ1) is 14.3. The van der Waals surface area contributed by atoms with Crippen LogP contribution in [0.3, 0.4) is 0 Å². The van der Waals surface area contributed by atoms with Gasteiger partial charge in [0.15, 0.2) is 0 Å². The average Bonchev–Trinajstić information content (AvgIpc) is 2.73. The van der Waals surface area contributed by atoms with Crippen molar-refractivity contribution in [1.82, 2.24) is 4.98 Å². The lowest BCUT2D eigenvalue weighted by Crippen LogP contribution is -2.41. The van der Waals surface area contributed by atoms with Crippen molar-refractivity contribution in [1.29, 1.82) is 0 Å². The summed E-state index contributed by atoms with van der Waals surface area (Å²) in [5, 5.41) is 0. The molecule has 2 heterocycles. The minimum absolute atomic E-state index is 0.267. The number of H-pyrrole nitrogens is 1. The Morgan fingerprint density at radius 2 is 1.47 bits per heavy atom. The summed E-state index contributed by atoms with van der Waals surface area (Å²) < 4.78 is 11.8. The predicted octanol–water partition coefficient (Wildman–Crippen LogP) is 2.65. The molecule has 96 valence electrons. The van der Waals surface area contributed by atoms with Crippen LogP contribution >= 0.6 is 0 Å². The van der Waals surface area contributed by atoms with Crippen molar-refractivity contribution in [3.8, 4) is 0 Å². The Labute approximate surface area is 105 Å². The molecule has 3 nitrogen and oxygen atoms in total. The minimum atomic E-state index is -0.274. The normalized spacial score (nSPS) is 21.0. The molecule has 1 aliphatic heterocycles. The molecular weight excluding hydrogens is 213 g/mol. The van der Waals surface area contributed by atoms with Crippen molar-refractivity contribution in [3.63, 3.8) is 0 Å². The number of hydrogen-bond acceptors (Lipinski definition) is 2. The third-order valence-electron chi connectivity index (χ3n) is 3.36. The summed E-state index contributed by atoms with van der Waals surface area (Å²) in [5.74, 6) is 0. The van der Waals surface area contributed by atoms with Gasteiger partial charge in [-0.3, -0.25) is 0 Å². The fourth-order valence-electron chi connectivity index (χ4n) is 1.63. The maximum absolute atomic E-state index is 5.91. The first-order valence-electron chi connectivity index (χ1n) is 6.33. The van der Waals surface area contributed by atoms with E-state index in [1.165, 1.54) is 0 Å². The Kier molecular flexibility index (Phi) is 4.10. The SMILES string of the molecule is CC.Cc1ccc(B2OC(C)(C)C(C)(C)O2)[nH]1. The second-order valence-corrected chi connectivity index (χ2v) is 5.18. The van der Waals surface area contributed by atoms with Gasteiger partial charge in [0.25, 0.3) is 0 Å². The van der Waals surface area contributed by atoms with Gasteiger partial charge in [-0.25, -0.2) is 0 Å². The number of aryl methyl sites for hydroxylation is 1. The van der Waals surface area contributed by atoms with E-state index < -0.39 is 0 Å². The van der Waals surface area contributed by atoms with Crippen LogP contribution in [0.1, 0.15) is 47.2 Å². The summed E-state index contributed by atoms with van der Waals surface area (Å²) in [4.78, 5) is 3.24. The highest BCUT2D eigenvalue weighted by Gasteiger charge is 2.52. The van der Waals surface area contributed by atoms with Gasteiger partial charge in [0.2, 0.25) is 0 Å². The Morgan fingerprint density at radius 3 is 1.82 bits per heavy atom. The van der Waals surface area contributed by atoms with Gasteiger partial charge in [-0.05, 0) is 46.8 Å². The zero-order chi connectivity index (χ0) is 13.3. The van der Waals surface area contributed by atoms with Crippen molar-refractivity contribution < 1.29 is 9.31 Å². The van der Waals surface area contributed by atoms with E-state index in [0.717, 1.165) is 11.3 Å². The fraction of sp³-hybridized carbons (Fsp3) is 0.692. The van der Waals surface area contributed by atoms with Crippen LogP contribution in [-0.2, 0) is 9.31 Å². The second kappa shape index (κ2) is 4.87. The topological polar surface area (TPSA) is 34.2 Å². The fourth-order valence-corrected chi connectivity index (χ4v) is 1.63. The Hall–Kier alpha value is -0.735. The largest absolute Gasteiger partial charge is 0.512 e. The third kappa shape index (κ3) is 2.75. The lowest BCUT2D eigenvalue weighted by Gasteiger charge is -2.32. The van der Waals surface area contributed by atoms with Crippen LogP contribution in [-0.4, -0.2) is 23.3 Å². The van der Waals surface area contributed by atoms with Crippen LogP contribution in [0.25, 0.3) is 0 Å². The standard InChI is InChI=1S/C11H18BNO2.C2H6/c1-8-6-7-9(13-8)12-14-10(2,3)11(4,5)15-12;1-2/h6-7,13H,1-5H3;1-2H3. The van der Waals surface area contributed by atoms with Gasteiger partial charge in [-0.15, -0.1) is 0 Å². The highest BCUT2D eigenvalue weighted by molar-refractivity contribution is 6.61. The van der Waals surface area contributed by atoms with Crippen LogP contribution in [0.4, 0.5) is 0 Å². The summed E-state index contributed by atoms with van der Waals surface area (Å²) in [6, 6.07) is 4.04. The third-order valence-corrected chi connectivity index (χ3v) is 3.36. The van der Waals surface area contributed by atoms with E-state index in [1.54, 1.807) is 0 Å². The molecule has 2 rings (SSSR count). The van der Waals surface area contributed by atoms with E-state index in [9.17, 15) is 0 Å². The van der Waals surface area contributed by atoms with Crippen molar-refractivity contribution >= 4 is 12.7 Å². The Balaban J connectivity index is 0.000000686. The molecule has 0 spiro atoms. The quantitative estimate of drug-likeness (QED) is 0.762. The molecule has 17 heavy (non-hydrogen) atoms. The molecule has 1 aromatic rings. The van der Waals surface area contributed by atoms with Gasteiger partial charge < -0.3 is 14.3 Å². The van der Waals surface area contributed by atoms with E-state index in [2.05, 4.69) is 32.7 Å². The summed E-state index contributed by atoms with van der Waals surface area (Å²) in [6.45, 7) is 14.3. The van der Waals surface area contributed by atoms with Gasteiger partial charge >= 0.3 is 7.12 Å². The molecule has 1 fully saturated rings. The maximum Gasteiger partial charge on any atom is 0.512 e. The van der Waals surface area contributed by atoms with Crippen molar-refractivity contribution in [2.45, 2.75) is 59.7 Å². The molecule has 0 unspecified atom stereocenters. The van der Waals surface area contributed by atoms with E-state index in [4.69, 9.17) is 9.31 Å². The first-order chi connectivity index (χ1) is 7.82. The number of nitrogens with one attached hydrogen (secondary N) is 1. The highest BCUT2D eigenvalue weighted by atomic mass is 16.7. The molecule has 4 heteroatoms. The molecule has 1 aromatic heterocycles. The molecular formula is C13H24BNO2. The number of aromatic amines is 1. The zero-order valence-electron chi connectivity index (χ0n) is 12.0. The molecule has 0 aliphatic carbocycles. The molecule has 0 bridgehead atoms. The second-order valence-electron chi connectivity index (χ2n) is 5.18. The van der Waals surface area contributed by atoms with Crippen LogP contribution in [0.5, 0.6) is 0 Å². The van der Waals surface area contributed by atoms with Gasteiger partial charge in [0.05, 0.1) is 11.2 Å². The van der Waals surface area contributed by atoms with Crippen molar-refractivity contribution in [2.75, 3.05) is 0 Å². The van der Waals surface area contributed by atoms with Crippen molar-refractivity contribution in [3.05, 3.63) is 17.8 Å². The average molecular weight is 237 g/mol. The molecule has 0 radical (unpaired) electrons. The van der Waals surface area contributed by atoms with Gasteiger partial charge in [-0.1, -0.05) is 13.8 Å². The summed E-state index contributed by atoms with van der Waals surface area (Å²) in [7, 11) is -0.274. The van der Waals surface area contributed by atoms with Crippen LogP contribution in [0.15, 0.2) is 12.1 Å². The summed E-state index contributed by atoms with van der Waals surface area (Å²) in [5.41, 5.74) is 1.58. The molecule has 1 saturated heterocycles. The molecule has 1 aliphatic rings. The molecule has 1 N–H and O–H groups in total. The van der Waals surface area contributed by atoms with Gasteiger partial charge in [0, 0.05) is 11.3 Å². The molecule has 0 amide bonds. The summed E-state index contributed by atoms with van der Waals surface area (Å²) >= 11 is 0. The maximum atomic E-state index is 5.91. The number of aromatic nitrogens is 1. The van der Waals surface area contributed by atoms with E-state index in [1.807, 2.05) is 32.9 Å². The molecule has 0 saturated carbocycles. The van der Waals surface area contributed by atoms with Crippen LogP contribution in [0.2, 0.25) is 0 Å². The minimum Gasteiger partial charge on any atom is -0.398 e. The monoisotopic (exact) mass is 237 g/mol. The smallest absolute Gasteiger partial charge is 0.398 e. The van der Waals surface area contributed by atoms with E-state index >= 15 is 0 Å². The lowest BCUT2D eigenvalue weighted by molar-refractivity contribution is 0.00578. The Bertz CT molecular complexity index is 355. The van der Waals surface area contributed by atoms with E-state index in [0.29, 0.717) is 0 Å². The highest BCUT2D eigenvalue weighted by Crippen LogP contribution is 2.36. The molecule has 0 aromatic carbocycles. The first-order valence-corrected chi connectivity index (χ1v) is 6.33. The molecule has 0 atom stereocenters. The summed E-state index contributed by atoms with van der Waals surface area (Å²) in [6.07, 6.45) is 0. The number of rotatable bonds is 1. The Morgan fingerprint density at radius 1 is 1.00 bits per heavy atom.